The third kappa shape index (κ3) is 4.14. The summed E-state index contributed by atoms with van der Waals surface area (Å²) in [5, 5.41) is 3.83. The summed E-state index contributed by atoms with van der Waals surface area (Å²) in [5.41, 5.74) is 1.22. The first-order chi connectivity index (χ1) is 12.8. The van der Waals surface area contributed by atoms with Crippen LogP contribution in [0.5, 0.6) is 0 Å². The fourth-order valence-corrected chi connectivity index (χ4v) is 4.66. The van der Waals surface area contributed by atoms with Crippen LogP contribution in [0.15, 0.2) is 39.9 Å². The minimum Gasteiger partial charge on any atom is -0.383 e. The summed E-state index contributed by atoms with van der Waals surface area (Å²) in [4.78, 5) is 3.94. The first-order valence-corrected chi connectivity index (χ1v) is 10.0. The van der Waals surface area contributed by atoms with Crippen LogP contribution in [0.2, 0.25) is 0 Å². The molecule has 2 heterocycles. The molecule has 1 fully saturated rings. The smallest absolute Gasteiger partial charge is 0.248 e. The van der Waals surface area contributed by atoms with Gasteiger partial charge in [-0.1, -0.05) is 5.16 Å². The first-order valence-electron chi connectivity index (χ1n) is 8.60. The number of benzene rings is 1. The Hall–Kier alpha value is -2.39. The van der Waals surface area contributed by atoms with Gasteiger partial charge in [-0.2, -0.15) is 4.31 Å². The lowest BCUT2D eigenvalue weighted by molar-refractivity contribution is 0.382. The number of sulfonamides is 1. The molecule has 0 aliphatic carbocycles. The maximum atomic E-state index is 13.1. The molecule has 3 rings (SSSR count). The van der Waals surface area contributed by atoms with E-state index < -0.39 is 10.0 Å². The summed E-state index contributed by atoms with van der Waals surface area (Å²) < 4.78 is 46.0. The Morgan fingerprint density at radius 1 is 1.15 bits per heavy atom. The summed E-state index contributed by atoms with van der Waals surface area (Å²) >= 11 is 0. The SMILES string of the molecule is Cc1noc(/C=C/N(C)C)c1S(=O)(=O)N1CCN(c2ccc(F)cc2)CC1. The third-order valence-corrected chi connectivity index (χ3v) is 6.44. The Kier molecular flexibility index (Phi) is 5.52. The fourth-order valence-electron chi connectivity index (χ4n) is 2.98. The molecule has 1 aliphatic heterocycles. The summed E-state index contributed by atoms with van der Waals surface area (Å²) in [5.74, 6) is -0.0663. The molecule has 146 valence electrons. The topological polar surface area (TPSA) is 69.9 Å². The highest BCUT2D eigenvalue weighted by Gasteiger charge is 2.33. The Bertz CT molecular complexity index is 915. The lowest BCUT2D eigenvalue weighted by atomic mass is 10.2. The number of piperazine rings is 1. The van der Waals surface area contributed by atoms with Crippen molar-refractivity contribution in [3.63, 3.8) is 0 Å². The van der Waals surface area contributed by atoms with Gasteiger partial charge in [0.05, 0.1) is 0 Å². The highest BCUT2D eigenvalue weighted by Crippen LogP contribution is 2.27. The summed E-state index contributed by atoms with van der Waals surface area (Å²) in [6.45, 7) is 3.34. The molecule has 0 saturated carbocycles. The maximum Gasteiger partial charge on any atom is 0.248 e. The summed E-state index contributed by atoms with van der Waals surface area (Å²) in [6, 6.07) is 6.21. The molecule has 0 amide bonds. The van der Waals surface area contributed by atoms with Gasteiger partial charge >= 0.3 is 0 Å². The van der Waals surface area contributed by atoms with Gasteiger partial charge in [0, 0.05) is 58.2 Å². The van der Waals surface area contributed by atoms with Gasteiger partial charge < -0.3 is 14.3 Å². The van der Waals surface area contributed by atoms with Crippen molar-refractivity contribution in [3.8, 4) is 0 Å². The van der Waals surface area contributed by atoms with Gasteiger partial charge in [0.2, 0.25) is 10.0 Å². The molecule has 7 nitrogen and oxygen atoms in total. The fraction of sp³-hybridized carbons (Fsp3) is 0.389. The Morgan fingerprint density at radius 2 is 1.78 bits per heavy atom. The molecule has 2 aromatic rings. The minimum absolute atomic E-state index is 0.107. The zero-order chi connectivity index (χ0) is 19.6. The molecule has 0 bridgehead atoms. The van der Waals surface area contributed by atoms with Crippen molar-refractivity contribution in [2.24, 2.45) is 0 Å². The van der Waals surface area contributed by atoms with Crippen molar-refractivity contribution in [3.05, 3.63) is 47.7 Å². The second kappa shape index (κ2) is 7.69. The van der Waals surface area contributed by atoms with Crippen molar-refractivity contribution in [2.45, 2.75) is 11.8 Å². The number of hydrogen-bond acceptors (Lipinski definition) is 6. The normalized spacial score (nSPS) is 16.2. The van der Waals surface area contributed by atoms with Gasteiger partial charge in [-0.25, -0.2) is 12.8 Å². The van der Waals surface area contributed by atoms with Crippen molar-refractivity contribution in [2.75, 3.05) is 45.2 Å². The maximum absolute atomic E-state index is 13.1. The van der Waals surface area contributed by atoms with E-state index in [1.165, 1.54) is 16.4 Å². The minimum atomic E-state index is -3.72. The molecule has 9 heteroatoms. The molecule has 1 aromatic heterocycles. The van der Waals surface area contributed by atoms with Crippen molar-refractivity contribution >= 4 is 21.8 Å². The molecular weight excluding hydrogens is 371 g/mol. The number of rotatable bonds is 5. The monoisotopic (exact) mass is 394 g/mol. The lowest BCUT2D eigenvalue weighted by Gasteiger charge is -2.35. The van der Waals surface area contributed by atoms with Crippen LogP contribution < -0.4 is 4.90 Å². The molecule has 0 N–H and O–H groups in total. The largest absolute Gasteiger partial charge is 0.383 e. The van der Waals surface area contributed by atoms with Gasteiger partial charge in [-0.15, -0.1) is 0 Å². The summed E-state index contributed by atoms with van der Waals surface area (Å²) in [6.07, 6.45) is 3.31. The van der Waals surface area contributed by atoms with Crippen LogP contribution in [0.3, 0.4) is 0 Å². The van der Waals surface area contributed by atoms with E-state index in [2.05, 4.69) is 5.16 Å². The number of hydrogen-bond donors (Lipinski definition) is 0. The highest BCUT2D eigenvalue weighted by molar-refractivity contribution is 7.89. The van der Waals surface area contributed by atoms with Gasteiger partial charge in [-0.05, 0) is 31.2 Å². The Balaban J connectivity index is 1.78. The second-order valence-electron chi connectivity index (χ2n) is 6.61. The van der Waals surface area contributed by atoms with Crippen LogP contribution >= 0.6 is 0 Å². The van der Waals surface area contributed by atoms with E-state index in [0.29, 0.717) is 31.9 Å². The van der Waals surface area contributed by atoms with Crippen LogP contribution in [0.4, 0.5) is 10.1 Å². The van der Waals surface area contributed by atoms with E-state index in [0.717, 1.165) is 5.69 Å². The lowest BCUT2D eigenvalue weighted by Crippen LogP contribution is -2.48. The predicted octanol–water partition coefficient (Wildman–Crippen LogP) is 2.17. The predicted molar refractivity (Wildman–Crippen MR) is 101 cm³/mol. The average Bonchev–Trinajstić information content (AvgIpc) is 3.02. The molecule has 0 atom stereocenters. The third-order valence-electron chi connectivity index (χ3n) is 4.39. The van der Waals surface area contributed by atoms with Gasteiger partial charge in [-0.3, -0.25) is 0 Å². The van der Waals surface area contributed by atoms with Gasteiger partial charge in [0.15, 0.2) is 10.7 Å². The van der Waals surface area contributed by atoms with Crippen molar-refractivity contribution in [1.82, 2.24) is 14.4 Å². The van der Waals surface area contributed by atoms with Crippen LogP contribution in [0.1, 0.15) is 11.5 Å². The number of halogens is 1. The number of aryl methyl sites for hydroxylation is 1. The standard InChI is InChI=1S/C18H23FN4O3S/c1-14-18(17(26-20-14)8-9-21(2)3)27(24,25)23-12-10-22(11-13-23)16-6-4-15(19)5-7-16/h4-9H,10-13H2,1-3H3/b9-8+. The van der Waals surface area contributed by atoms with E-state index in [9.17, 15) is 12.8 Å². The number of aromatic nitrogens is 1. The van der Waals surface area contributed by atoms with E-state index in [1.54, 1.807) is 36.2 Å². The van der Waals surface area contributed by atoms with E-state index in [4.69, 9.17) is 4.52 Å². The van der Waals surface area contributed by atoms with E-state index in [1.807, 2.05) is 19.0 Å². The quantitative estimate of drug-likeness (QED) is 0.774. The zero-order valence-corrected chi connectivity index (χ0v) is 16.4. The Labute approximate surface area is 158 Å². The van der Waals surface area contributed by atoms with Crippen molar-refractivity contribution in [1.29, 1.82) is 0 Å². The zero-order valence-electron chi connectivity index (χ0n) is 15.6. The molecule has 27 heavy (non-hydrogen) atoms. The van der Waals surface area contributed by atoms with Crippen molar-refractivity contribution < 1.29 is 17.3 Å². The second-order valence-corrected chi connectivity index (χ2v) is 8.48. The van der Waals surface area contributed by atoms with Gasteiger partial charge in [0.25, 0.3) is 0 Å². The van der Waals surface area contributed by atoms with E-state index in [-0.39, 0.29) is 16.5 Å². The van der Waals surface area contributed by atoms with E-state index >= 15 is 0 Å². The molecule has 1 aromatic carbocycles. The summed E-state index contributed by atoms with van der Waals surface area (Å²) in [7, 11) is -0.0478. The average molecular weight is 394 g/mol. The van der Waals surface area contributed by atoms with Gasteiger partial charge in [0.1, 0.15) is 11.5 Å². The van der Waals surface area contributed by atoms with Crippen LogP contribution in [-0.2, 0) is 10.0 Å². The molecular formula is C18H23FN4O3S. The number of nitrogens with zero attached hydrogens (tertiary/aromatic N) is 4. The molecule has 1 saturated heterocycles. The van der Waals surface area contributed by atoms with Crippen LogP contribution in [0, 0.1) is 12.7 Å². The molecule has 0 unspecified atom stereocenters. The number of anilines is 1. The molecule has 0 radical (unpaired) electrons. The van der Waals surface area contributed by atoms with Crippen LogP contribution in [0.25, 0.3) is 6.08 Å². The molecule has 0 spiro atoms. The Morgan fingerprint density at radius 3 is 2.37 bits per heavy atom. The first kappa shape index (κ1) is 19.4. The van der Waals surface area contributed by atoms with Crippen LogP contribution in [-0.4, -0.2) is 63.1 Å². The molecule has 1 aliphatic rings. The highest BCUT2D eigenvalue weighted by atomic mass is 32.2.